The lowest BCUT2D eigenvalue weighted by molar-refractivity contribution is -0.0119. The summed E-state index contributed by atoms with van der Waals surface area (Å²) in [6.45, 7) is 2.57. The van der Waals surface area contributed by atoms with Gasteiger partial charge in [0.2, 0.25) is 0 Å². The van der Waals surface area contributed by atoms with Crippen LogP contribution in [-0.4, -0.2) is 28.8 Å². The number of nitrogens with one attached hydrogen (secondary N) is 1. The van der Waals surface area contributed by atoms with Crippen molar-refractivity contribution in [2.24, 2.45) is 0 Å². The van der Waals surface area contributed by atoms with E-state index in [9.17, 15) is 5.11 Å². The molecule has 4 nitrogen and oxygen atoms in total. The van der Waals surface area contributed by atoms with E-state index in [1.54, 1.807) is 12.4 Å². The van der Waals surface area contributed by atoms with Gasteiger partial charge in [-0.05, 0) is 38.7 Å². The summed E-state index contributed by atoms with van der Waals surface area (Å²) in [5, 5.41) is 14.4. The number of fused-ring (bicyclic) bond motifs is 2. The molecule has 2 aliphatic rings. The predicted molar refractivity (Wildman–Crippen MR) is 68.5 cm³/mol. The van der Waals surface area contributed by atoms with Crippen LogP contribution in [0.4, 0.5) is 0 Å². The van der Waals surface area contributed by atoms with Gasteiger partial charge in [0.05, 0.1) is 18.4 Å². The van der Waals surface area contributed by atoms with E-state index in [2.05, 4.69) is 10.3 Å². The summed E-state index contributed by atoms with van der Waals surface area (Å²) in [6.07, 6.45) is 7.37. The summed E-state index contributed by atoms with van der Waals surface area (Å²) in [4.78, 5) is 4.19. The second kappa shape index (κ2) is 4.52. The van der Waals surface area contributed by atoms with Crippen LogP contribution in [-0.2, 0) is 5.60 Å². The second-order valence-corrected chi connectivity index (χ2v) is 5.42. The molecular weight excluding hydrogens is 228 g/mol. The quantitative estimate of drug-likeness (QED) is 0.853. The van der Waals surface area contributed by atoms with Crippen molar-refractivity contribution >= 4 is 0 Å². The third kappa shape index (κ3) is 2.10. The summed E-state index contributed by atoms with van der Waals surface area (Å²) < 4.78 is 5.46. The van der Waals surface area contributed by atoms with E-state index < -0.39 is 5.60 Å². The van der Waals surface area contributed by atoms with Crippen molar-refractivity contribution in [2.75, 3.05) is 6.61 Å². The van der Waals surface area contributed by atoms with Crippen molar-refractivity contribution in [3.63, 3.8) is 0 Å². The number of pyridine rings is 1. The Morgan fingerprint density at radius 1 is 1.39 bits per heavy atom. The van der Waals surface area contributed by atoms with Gasteiger partial charge in [-0.3, -0.25) is 4.98 Å². The van der Waals surface area contributed by atoms with E-state index in [0.29, 0.717) is 18.7 Å². The van der Waals surface area contributed by atoms with Crippen LogP contribution in [0.3, 0.4) is 0 Å². The first kappa shape index (κ1) is 11.9. The molecule has 2 fully saturated rings. The van der Waals surface area contributed by atoms with Gasteiger partial charge in [0.25, 0.3) is 0 Å². The topological polar surface area (TPSA) is 54.4 Å². The number of hydrogen-bond donors (Lipinski definition) is 2. The Balaban J connectivity index is 1.86. The smallest absolute Gasteiger partial charge is 0.137 e. The zero-order valence-electron chi connectivity index (χ0n) is 10.7. The Morgan fingerprint density at radius 3 is 2.78 bits per heavy atom. The maximum Gasteiger partial charge on any atom is 0.137 e. The summed E-state index contributed by atoms with van der Waals surface area (Å²) in [6, 6.07) is 2.83. The van der Waals surface area contributed by atoms with Crippen LogP contribution < -0.4 is 10.1 Å². The van der Waals surface area contributed by atoms with E-state index in [1.807, 2.05) is 13.0 Å². The van der Waals surface area contributed by atoms with Crippen LogP contribution in [0.15, 0.2) is 18.5 Å². The van der Waals surface area contributed by atoms with Gasteiger partial charge in [-0.2, -0.15) is 0 Å². The molecule has 2 atom stereocenters. The summed E-state index contributed by atoms with van der Waals surface area (Å²) in [7, 11) is 0. The first-order valence-electron chi connectivity index (χ1n) is 6.76. The zero-order valence-corrected chi connectivity index (χ0v) is 10.7. The molecule has 0 aromatic carbocycles. The zero-order chi connectivity index (χ0) is 12.6. The molecule has 0 aliphatic carbocycles. The van der Waals surface area contributed by atoms with Crippen molar-refractivity contribution in [3.05, 3.63) is 24.0 Å². The molecule has 2 N–H and O–H groups in total. The van der Waals surface area contributed by atoms with E-state index in [-0.39, 0.29) is 0 Å². The molecular formula is C14H20N2O2. The summed E-state index contributed by atoms with van der Waals surface area (Å²) in [5.74, 6) is 0.745. The Morgan fingerprint density at radius 2 is 2.11 bits per heavy atom. The second-order valence-electron chi connectivity index (χ2n) is 5.42. The summed E-state index contributed by atoms with van der Waals surface area (Å²) in [5.41, 5.74) is 0.156. The van der Waals surface area contributed by atoms with E-state index >= 15 is 0 Å². The van der Waals surface area contributed by atoms with Crippen molar-refractivity contribution in [1.82, 2.24) is 10.3 Å². The number of aliphatic hydroxyl groups is 1. The van der Waals surface area contributed by atoms with Crippen LogP contribution in [0.1, 0.15) is 38.2 Å². The van der Waals surface area contributed by atoms with Crippen molar-refractivity contribution in [2.45, 2.75) is 50.3 Å². The number of hydrogen-bond acceptors (Lipinski definition) is 4. The molecule has 3 rings (SSSR count). The number of piperidine rings is 1. The minimum absolute atomic E-state index is 0.449. The predicted octanol–water partition coefficient (Wildman–Crippen LogP) is 1.58. The van der Waals surface area contributed by atoms with E-state index in [1.165, 1.54) is 12.8 Å². The first-order chi connectivity index (χ1) is 8.69. The monoisotopic (exact) mass is 248 g/mol. The SMILES string of the molecule is CCOc1cncc(C2(O)CC3CCC(C2)N3)c1. The molecule has 0 amide bonds. The number of aromatic nitrogens is 1. The molecule has 1 aromatic heterocycles. The molecule has 1 aromatic rings. The fraction of sp³-hybridized carbons (Fsp3) is 0.643. The van der Waals surface area contributed by atoms with Gasteiger partial charge < -0.3 is 15.2 Å². The van der Waals surface area contributed by atoms with Gasteiger partial charge in [-0.25, -0.2) is 0 Å². The first-order valence-corrected chi connectivity index (χ1v) is 6.76. The van der Waals surface area contributed by atoms with Gasteiger partial charge in [-0.15, -0.1) is 0 Å². The highest BCUT2D eigenvalue weighted by molar-refractivity contribution is 5.29. The Bertz CT molecular complexity index is 424. The standard InChI is InChI=1S/C14H20N2O2/c1-2-18-13-5-10(8-15-9-13)14(17)6-11-3-4-12(7-14)16-11/h5,8-9,11-12,16-17H,2-4,6-7H2,1H3. The Hall–Kier alpha value is -1.13. The molecule has 4 heteroatoms. The molecule has 98 valence electrons. The van der Waals surface area contributed by atoms with Crippen molar-refractivity contribution in [1.29, 1.82) is 0 Å². The molecule has 0 spiro atoms. The minimum Gasteiger partial charge on any atom is -0.492 e. The molecule has 2 saturated heterocycles. The summed E-state index contributed by atoms with van der Waals surface area (Å²) >= 11 is 0. The third-order valence-corrected chi connectivity index (χ3v) is 4.06. The third-order valence-electron chi connectivity index (χ3n) is 4.06. The number of nitrogens with zero attached hydrogens (tertiary/aromatic N) is 1. The number of ether oxygens (including phenoxy) is 1. The van der Waals surface area contributed by atoms with E-state index in [4.69, 9.17) is 4.74 Å². The van der Waals surface area contributed by atoms with Crippen LogP contribution in [0.5, 0.6) is 5.75 Å². The lowest BCUT2D eigenvalue weighted by atomic mass is 9.82. The van der Waals surface area contributed by atoms with Gasteiger partial charge in [0.15, 0.2) is 0 Å². The average molecular weight is 248 g/mol. The highest BCUT2D eigenvalue weighted by Gasteiger charge is 2.43. The molecule has 2 aliphatic heterocycles. The fourth-order valence-electron chi connectivity index (χ4n) is 3.28. The number of rotatable bonds is 3. The molecule has 0 radical (unpaired) electrons. The fourth-order valence-corrected chi connectivity index (χ4v) is 3.28. The van der Waals surface area contributed by atoms with Crippen LogP contribution in [0.25, 0.3) is 0 Å². The molecule has 2 bridgehead atoms. The lowest BCUT2D eigenvalue weighted by Crippen LogP contribution is -2.46. The molecule has 0 saturated carbocycles. The van der Waals surface area contributed by atoms with Crippen molar-refractivity contribution < 1.29 is 9.84 Å². The maximum atomic E-state index is 10.9. The van der Waals surface area contributed by atoms with Crippen molar-refractivity contribution in [3.8, 4) is 5.75 Å². The average Bonchev–Trinajstić information content (AvgIpc) is 2.70. The molecule has 18 heavy (non-hydrogen) atoms. The lowest BCUT2D eigenvalue weighted by Gasteiger charge is -2.37. The van der Waals surface area contributed by atoms with Crippen LogP contribution in [0, 0.1) is 0 Å². The van der Waals surface area contributed by atoms with Gasteiger partial charge in [0.1, 0.15) is 5.75 Å². The maximum absolute atomic E-state index is 10.9. The van der Waals surface area contributed by atoms with Gasteiger partial charge in [-0.1, -0.05) is 0 Å². The van der Waals surface area contributed by atoms with Gasteiger partial charge >= 0.3 is 0 Å². The molecule has 2 unspecified atom stereocenters. The normalized spacial score (nSPS) is 34.6. The minimum atomic E-state index is -0.739. The highest BCUT2D eigenvalue weighted by atomic mass is 16.5. The molecule has 3 heterocycles. The highest BCUT2D eigenvalue weighted by Crippen LogP contribution is 2.41. The van der Waals surface area contributed by atoms with Crippen LogP contribution >= 0.6 is 0 Å². The van der Waals surface area contributed by atoms with E-state index in [0.717, 1.165) is 24.2 Å². The van der Waals surface area contributed by atoms with Gasteiger partial charge in [0, 0.05) is 23.8 Å². The van der Waals surface area contributed by atoms with Crippen LogP contribution in [0.2, 0.25) is 0 Å². The Kier molecular flexibility index (Phi) is 2.99. The largest absolute Gasteiger partial charge is 0.492 e. The Labute approximate surface area is 107 Å².